The number of ether oxygens (including phenoxy) is 1. The Bertz CT molecular complexity index is 552. The maximum atomic E-state index is 12.1. The summed E-state index contributed by atoms with van der Waals surface area (Å²) in [6, 6.07) is 4.47. The second-order valence-corrected chi connectivity index (χ2v) is 4.00. The van der Waals surface area contributed by atoms with Crippen LogP contribution in [0.3, 0.4) is 0 Å². The zero-order valence-corrected chi connectivity index (χ0v) is 10.2. The smallest absolute Gasteiger partial charge is 0.387 e. The Kier molecular flexibility index (Phi) is 3.38. The van der Waals surface area contributed by atoms with Gasteiger partial charge in [0.2, 0.25) is 0 Å². The van der Waals surface area contributed by atoms with Crippen LogP contribution in [0.15, 0.2) is 24.4 Å². The average Bonchev–Trinajstić information content (AvgIpc) is 2.61. The summed E-state index contributed by atoms with van der Waals surface area (Å²) in [6.45, 7) is -2.91. The third-order valence-electron chi connectivity index (χ3n) is 2.39. The fraction of sp³-hybridized carbons (Fsp3) is 0.182. The molecule has 0 amide bonds. The van der Waals surface area contributed by atoms with E-state index in [2.05, 4.69) is 9.84 Å². The molecule has 2 N–H and O–H groups in total. The molecule has 0 atom stereocenters. The average molecular weight is 274 g/mol. The number of rotatable bonds is 3. The first-order valence-corrected chi connectivity index (χ1v) is 5.39. The molecule has 2 aromatic rings. The van der Waals surface area contributed by atoms with Crippen LogP contribution in [0.1, 0.15) is 0 Å². The normalized spacial score (nSPS) is 10.9. The lowest BCUT2D eigenvalue weighted by Crippen LogP contribution is -2.02. The molecule has 18 heavy (non-hydrogen) atoms. The van der Waals surface area contributed by atoms with E-state index in [4.69, 9.17) is 17.3 Å². The van der Waals surface area contributed by atoms with Gasteiger partial charge >= 0.3 is 6.61 Å². The van der Waals surface area contributed by atoms with Crippen molar-refractivity contribution in [2.24, 2.45) is 7.05 Å². The van der Waals surface area contributed by atoms with Gasteiger partial charge in [0, 0.05) is 12.6 Å². The molecule has 0 saturated heterocycles. The van der Waals surface area contributed by atoms with Crippen molar-refractivity contribution in [2.45, 2.75) is 6.61 Å². The van der Waals surface area contributed by atoms with E-state index in [9.17, 15) is 8.78 Å². The van der Waals surface area contributed by atoms with Gasteiger partial charge in [-0.3, -0.25) is 4.68 Å². The van der Waals surface area contributed by atoms with Crippen molar-refractivity contribution in [3.05, 3.63) is 29.4 Å². The van der Waals surface area contributed by atoms with E-state index >= 15 is 0 Å². The molecule has 96 valence electrons. The van der Waals surface area contributed by atoms with Gasteiger partial charge in [-0.25, -0.2) is 0 Å². The third kappa shape index (κ3) is 2.38. The lowest BCUT2D eigenvalue weighted by molar-refractivity contribution is -0.0497. The van der Waals surface area contributed by atoms with Crippen molar-refractivity contribution >= 4 is 17.3 Å². The van der Waals surface area contributed by atoms with Crippen LogP contribution in [0.5, 0.6) is 5.75 Å². The van der Waals surface area contributed by atoms with Gasteiger partial charge in [0.25, 0.3) is 0 Å². The molecule has 7 heteroatoms. The van der Waals surface area contributed by atoms with Crippen molar-refractivity contribution in [3.63, 3.8) is 0 Å². The Balaban J connectivity index is 2.40. The van der Waals surface area contributed by atoms with Crippen LogP contribution < -0.4 is 10.5 Å². The predicted molar refractivity (Wildman–Crippen MR) is 64.7 cm³/mol. The Morgan fingerprint density at radius 3 is 2.67 bits per heavy atom. The molecule has 0 saturated carbocycles. The number of alkyl halides is 2. The fourth-order valence-electron chi connectivity index (χ4n) is 1.65. The third-order valence-corrected chi connectivity index (χ3v) is 2.68. The number of aromatic nitrogens is 2. The SMILES string of the molecule is Cn1ncc(N)c1-c1ccc(OC(F)F)c(Cl)c1. The molecule has 1 aromatic carbocycles. The van der Waals surface area contributed by atoms with Gasteiger partial charge in [0.1, 0.15) is 5.75 Å². The van der Waals surface area contributed by atoms with Gasteiger partial charge in [0.05, 0.1) is 22.6 Å². The van der Waals surface area contributed by atoms with E-state index in [-0.39, 0.29) is 10.8 Å². The molecule has 0 bridgehead atoms. The highest BCUT2D eigenvalue weighted by Gasteiger charge is 2.13. The summed E-state index contributed by atoms with van der Waals surface area (Å²) >= 11 is 5.87. The maximum Gasteiger partial charge on any atom is 0.387 e. The lowest BCUT2D eigenvalue weighted by atomic mass is 10.1. The van der Waals surface area contributed by atoms with Crippen molar-refractivity contribution < 1.29 is 13.5 Å². The van der Waals surface area contributed by atoms with E-state index < -0.39 is 6.61 Å². The summed E-state index contributed by atoms with van der Waals surface area (Å²) in [4.78, 5) is 0. The van der Waals surface area contributed by atoms with Gasteiger partial charge in [-0.05, 0) is 18.2 Å². The van der Waals surface area contributed by atoms with Crippen molar-refractivity contribution in [1.29, 1.82) is 0 Å². The van der Waals surface area contributed by atoms with E-state index in [1.807, 2.05) is 0 Å². The molecule has 1 aromatic heterocycles. The zero-order chi connectivity index (χ0) is 13.3. The molecule has 0 aliphatic carbocycles. The van der Waals surface area contributed by atoms with Crippen LogP contribution in [0.25, 0.3) is 11.3 Å². The van der Waals surface area contributed by atoms with Crippen LogP contribution in [0.2, 0.25) is 5.02 Å². The van der Waals surface area contributed by atoms with Crippen LogP contribution in [-0.4, -0.2) is 16.4 Å². The molecule has 0 spiro atoms. The maximum absolute atomic E-state index is 12.1. The number of nitrogens with zero attached hydrogens (tertiary/aromatic N) is 2. The number of aryl methyl sites for hydroxylation is 1. The Hall–Kier alpha value is -1.82. The molecule has 1 heterocycles. The largest absolute Gasteiger partial charge is 0.433 e. The number of anilines is 1. The first-order valence-electron chi connectivity index (χ1n) is 5.01. The van der Waals surface area contributed by atoms with Gasteiger partial charge in [-0.15, -0.1) is 0 Å². The highest BCUT2D eigenvalue weighted by molar-refractivity contribution is 6.32. The minimum atomic E-state index is -2.91. The number of hydrogen-bond acceptors (Lipinski definition) is 3. The first-order chi connectivity index (χ1) is 8.49. The minimum Gasteiger partial charge on any atom is -0.433 e. The summed E-state index contributed by atoms with van der Waals surface area (Å²) in [5.74, 6) is -0.0730. The Labute approximate surface area is 107 Å². The lowest BCUT2D eigenvalue weighted by Gasteiger charge is -2.09. The summed E-state index contributed by atoms with van der Waals surface area (Å²) in [6.07, 6.45) is 1.51. The molecule has 0 fully saturated rings. The summed E-state index contributed by atoms with van der Waals surface area (Å²) in [7, 11) is 1.73. The van der Waals surface area contributed by atoms with E-state index in [0.29, 0.717) is 16.9 Å². The molecule has 0 aliphatic heterocycles. The van der Waals surface area contributed by atoms with Crippen LogP contribution in [0.4, 0.5) is 14.5 Å². The summed E-state index contributed by atoms with van der Waals surface area (Å²) < 4.78 is 30.0. The zero-order valence-electron chi connectivity index (χ0n) is 9.40. The molecule has 0 radical (unpaired) electrons. The predicted octanol–water partition coefficient (Wildman–Crippen LogP) is 2.92. The number of benzene rings is 1. The molecule has 0 aliphatic rings. The second kappa shape index (κ2) is 4.81. The topological polar surface area (TPSA) is 53.1 Å². The van der Waals surface area contributed by atoms with E-state index in [1.165, 1.54) is 18.3 Å². The van der Waals surface area contributed by atoms with E-state index in [1.54, 1.807) is 17.8 Å². The van der Waals surface area contributed by atoms with Crippen LogP contribution in [0, 0.1) is 0 Å². The highest BCUT2D eigenvalue weighted by Crippen LogP contribution is 2.33. The quantitative estimate of drug-likeness (QED) is 0.935. The van der Waals surface area contributed by atoms with Crippen LogP contribution >= 0.6 is 11.6 Å². The standard InChI is InChI=1S/C11H10ClF2N3O/c1-17-10(8(15)5-16-17)6-2-3-9(7(12)4-6)18-11(13)14/h2-5,11H,15H2,1H3. The summed E-state index contributed by atoms with van der Waals surface area (Å²) in [5, 5.41) is 4.08. The van der Waals surface area contributed by atoms with Gasteiger partial charge < -0.3 is 10.5 Å². The monoisotopic (exact) mass is 273 g/mol. The van der Waals surface area contributed by atoms with Gasteiger partial charge in [0.15, 0.2) is 0 Å². The second-order valence-electron chi connectivity index (χ2n) is 3.60. The van der Waals surface area contributed by atoms with Gasteiger partial charge in [-0.2, -0.15) is 13.9 Å². The summed E-state index contributed by atoms with van der Waals surface area (Å²) in [5.41, 5.74) is 7.59. The molecule has 0 unspecified atom stereocenters. The molecular formula is C11H10ClF2N3O. The number of nitrogen functional groups attached to an aromatic ring is 1. The number of hydrogen-bond donors (Lipinski definition) is 1. The van der Waals surface area contributed by atoms with Crippen LogP contribution in [-0.2, 0) is 7.05 Å². The van der Waals surface area contributed by atoms with Crippen molar-refractivity contribution in [3.8, 4) is 17.0 Å². The Morgan fingerprint density at radius 1 is 1.44 bits per heavy atom. The fourth-order valence-corrected chi connectivity index (χ4v) is 1.87. The number of nitrogens with two attached hydrogens (primary N) is 1. The minimum absolute atomic E-state index is 0.0730. The number of halogens is 3. The first kappa shape index (κ1) is 12.6. The van der Waals surface area contributed by atoms with Crippen molar-refractivity contribution in [2.75, 3.05) is 5.73 Å². The molecule has 4 nitrogen and oxygen atoms in total. The van der Waals surface area contributed by atoms with Gasteiger partial charge in [-0.1, -0.05) is 11.6 Å². The molecular weight excluding hydrogens is 264 g/mol. The highest BCUT2D eigenvalue weighted by atomic mass is 35.5. The van der Waals surface area contributed by atoms with Crippen molar-refractivity contribution in [1.82, 2.24) is 9.78 Å². The molecule has 2 rings (SSSR count). The van der Waals surface area contributed by atoms with E-state index in [0.717, 1.165) is 0 Å². The Morgan fingerprint density at radius 2 is 2.17 bits per heavy atom.